The van der Waals surface area contributed by atoms with Gasteiger partial charge in [0.2, 0.25) is 6.43 Å². The van der Waals surface area contributed by atoms with E-state index in [1.165, 1.54) is 0 Å². The predicted octanol–water partition coefficient (Wildman–Crippen LogP) is 0.647. The van der Waals surface area contributed by atoms with Gasteiger partial charge in [-0.1, -0.05) is 0 Å². The summed E-state index contributed by atoms with van der Waals surface area (Å²) in [5.41, 5.74) is 5.27. The molecule has 0 bridgehead atoms. The van der Waals surface area contributed by atoms with Gasteiger partial charge in [-0.3, -0.25) is 0 Å². The monoisotopic (exact) mass is 173 g/mol. The Balaban J connectivity index is 0.000000810. The number of hydrogen-bond acceptors (Lipinski definition) is 2. The zero-order chi connectivity index (χ0) is 6.85. The van der Waals surface area contributed by atoms with Crippen molar-refractivity contribution in [2.24, 2.45) is 11.7 Å². The van der Waals surface area contributed by atoms with Crippen molar-refractivity contribution >= 4 is 12.4 Å². The van der Waals surface area contributed by atoms with Crippen molar-refractivity contribution in [1.82, 2.24) is 0 Å². The Morgan fingerprint density at radius 3 is 2.20 bits per heavy atom. The topological polar surface area (TPSA) is 35.2 Å². The zero-order valence-electron chi connectivity index (χ0n) is 5.30. The third-order valence-corrected chi connectivity index (χ3v) is 1.49. The van der Waals surface area contributed by atoms with E-state index in [9.17, 15) is 8.78 Å². The summed E-state index contributed by atoms with van der Waals surface area (Å²) in [5, 5.41) is 0. The highest BCUT2D eigenvalue weighted by atomic mass is 35.5. The van der Waals surface area contributed by atoms with Gasteiger partial charge in [0, 0.05) is 6.04 Å². The molecule has 0 unspecified atom stereocenters. The van der Waals surface area contributed by atoms with Crippen LogP contribution in [0.5, 0.6) is 0 Å². The Hall–Kier alpha value is 0.0700. The fourth-order valence-electron chi connectivity index (χ4n) is 0.847. The van der Waals surface area contributed by atoms with Crippen molar-refractivity contribution in [3.8, 4) is 0 Å². The van der Waals surface area contributed by atoms with E-state index in [0.29, 0.717) is 0 Å². The second-order valence-electron chi connectivity index (χ2n) is 2.20. The summed E-state index contributed by atoms with van der Waals surface area (Å²) >= 11 is 0. The molecule has 1 saturated heterocycles. The van der Waals surface area contributed by atoms with Gasteiger partial charge in [-0.25, -0.2) is 8.78 Å². The minimum Gasteiger partial charge on any atom is -0.379 e. The van der Waals surface area contributed by atoms with E-state index in [2.05, 4.69) is 0 Å². The third kappa shape index (κ3) is 2.04. The van der Waals surface area contributed by atoms with E-state index in [1.54, 1.807) is 0 Å². The van der Waals surface area contributed by atoms with Crippen LogP contribution < -0.4 is 5.73 Å². The van der Waals surface area contributed by atoms with Gasteiger partial charge in [-0.05, 0) is 0 Å². The zero-order valence-corrected chi connectivity index (χ0v) is 6.11. The molecule has 0 radical (unpaired) electrons. The quantitative estimate of drug-likeness (QED) is 0.632. The Morgan fingerprint density at radius 2 is 2.00 bits per heavy atom. The number of hydrogen-bond donors (Lipinski definition) is 1. The summed E-state index contributed by atoms with van der Waals surface area (Å²) in [6.07, 6.45) is -2.33. The van der Waals surface area contributed by atoms with Crippen molar-refractivity contribution in [1.29, 1.82) is 0 Å². The lowest BCUT2D eigenvalue weighted by Crippen LogP contribution is -2.32. The summed E-state index contributed by atoms with van der Waals surface area (Å²) in [7, 11) is 0. The van der Waals surface area contributed by atoms with Crippen LogP contribution in [-0.2, 0) is 4.74 Å². The fourth-order valence-corrected chi connectivity index (χ4v) is 0.847. The molecule has 0 aromatic carbocycles. The molecule has 10 heavy (non-hydrogen) atoms. The van der Waals surface area contributed by atoms with Crippen LogP contribution in [0.15, 0.2) is 0 Å². The van der Waals surface area contributed by atoms with Crippen LogP contribution in [0.2, 0.25) is 0 Å². The molecular formula is C5H10ClF2NO. The molecule has 2 atom stereocenters. The largest absolute Gasteiger partial charge is 0.379 e. The minimum atomic E-state index is -2.33. The highest BCUT2D eigenvalue weighted by molar-refractivity contribution is 5.85. The molecule has 0 spiro atoms. The van der Waals surface area contributed by atoms with Crippen LogP contribution >= 0.6 is 12.4 Å². The van der Waals surface area contributed by atoms with E-state index < -0.39 is 18.4 Å². The molecule has 5 heteroatoms. The van der Waals surface area contributed by atoms with Gasteiger partial charge in [-0.2, -0.15) is 0 Å². The first-order chi connectivity index (χ1) is 4.22. The summed E-state index contributed by atoms with van der Waals surface area (Å²) in [6, 6.07) is -0.468. The molecule has 1 aliphatic heterocycles. The average molecular weight is 174 g/mol. The Labute approximate surface area is 64.1 Å². The van der Waals surface area contributed by atoms with Gasteiger partial charge >= 0.3 is 0 Å². The first-order valence-corrected chi connectivity index (χ1v) is 2.83. The van der Waals surface area contributed by atoms with E-state index >= 15 is 0 Å². The van der Waals surface area contributed by atoms with E-state index in [4.69, 9.17) is 10.5 Å². The van der Waals surface area contributed by atoms with Gasteiger partial charge in [0.1, 0.15) is 0 Å². The number of alkyl halides is 2. The summed E-state index contributed by atoms with van der Waals surface area (Å²) < 4.78 is 28.4. The molecule has 0 aliphatic carbocycles. The smallest absolute Gasteiger partial charge is 0.245 e. The summed E-state index contributed by atoms with van der Waals surface area (Å²) in [4.78, 5) is 0. The van der Waals surface area contributed by atoms with Crippen molar-refractivity contribution in [2.45, 2.75) is 12.5 Å². The first-order valence-electron chi connectivity index (χ1n) is 2.83. The molecular weight excluding hydrogens is 164 g/mol. The molecule has 2 nitrogen and oxygen atoms in total. The van der Waals surface area contributed by atoms with Crippen molar-refractivity contribution < 1.29 is 13.5 Å². The molecule has 0 aromatic rings. The predicted molar refractivity (Wildman–Crippen MR) is 35.5 cm³/mol. The lowest BCUT2D eigenvalue weighted by Gasteiger charge is -2.09. The third-order valence-electron chi connectivity index (χ3n) is 1.49. The van der Waals surface area contributed by atoms with Crippen LogP contribution in [0.1, 0.15) is 0 Å². The Morgan fingerprint density at radius 1 is 1.40 bits per heavy atom. The highest BCUT2D eigenvalue weighted by Crippen LogP contribution is 2.18. The molecule has 1 aliphatic rings. The van der Waals surface area contributed by atoms with Gasteiger partial charge < -0.3 is 10.5 Å². The Kier molecular flexibility index (Phi) is 4.08. The second-order valence-corrected chi connectivity index (χ2v) is 2.20. The van der Waals surface area contributed by atoms with Crippen LogP contribution in [-0.4, -0.2) is 25.7 Å². The first kappa shape index (κ1) is 10.1. The number of ether oxygens (including phenoxy) is 1. The number of rotatable bonds is 1. The second kappa shape index (κ2) is 4.05. The molecule has 0 amide bonds. The van der Waals surface area contributed by atoms with Gasteiger partial charge in [0.15, 0.2) is 0 Å². The van der Waals surface area contributed by atoms with Gasteiger partial charge in [0.25, 0.3) is 0 Å². The molecule has 0 saturated carbocycles. The normalized spacial score (nSPS) is 32.4. The molecule has 2 N–H and O–H groups in total. The number of halogens is 3. The molecule has 0 aromatic heterocycles. The molecule has 62 valence electrons. The SMILES string of the molecule is Cl.N[C@H]1COC[C@@H]1C(F)F. The van der Waals surface area contributed by atoms with Gasteiger partial charge in [0.05, 0.1) is 19.1 Å². The van der Waals surface area contributed by atoms with E-state index in [-0.39, 0.29) is 25.6 Å². The van der Waals surface area contributed by atoms with Crippen molar-refractivity contribution in [2.75, 3.05) is 13.2 Å². The maximum absolute atomic E-state index is 11.8. The summed E-state index contributed by atoms with van der Waals surface area (Å²) in [5.74, 6) is -0.745. The molecule has 1 heterocycles. The van der Waals surface area contributed by atoms with Crippen molar-refractivity contribution in [3.05, 3.63) is 0 Å². The van der Waals surface area contributed by atoms with E-state index in [1.807, 2.05) is 0 Å². The van der Waals surface area contributed by atoms with Crippen LogP contribution in [0.3, 0.4) is 0 Å². The lowest BCUT2D eigenvalue weighted by atomic mass is 10.1. The minimum absolute atomic E-state index is 0. The Bertz CT molecular complexity index is 104. The standard InChI is InChI=1S/C5H9F2NO.ClH/c6-5(7)3-1-9-2-4(3)8;/h3-5H,1-2,8H2;1H/t3-,4-;/m0./s1. The molecule has 1 fully saturated rings. The fraction of sp³-hybridized carbons (Fsp3) is 1.00. The number of nitrogens with two attached hydrogens (primary N) is 1. The van der Waals surface area contributed by atoms with Crippen LogP contribution in [0.4, 0.5) is 8.78 Å². The lowest BCUT2D eigenvalue weighted by molar-refractivity contribution is 0.0626. The van der Waals surface area contributed by atoms with Crippen LogP contribution in [0.25, 0.3) is 0 Å². The maximum Gasteiger partial charge on any atom is 0.245 e. The molecule has 1 rings (SSSR count). The van der Waals surface area contributed by atoms with Crippen molar-refractivity contribution in [3.63, 3.8) is 0 Å². The van der Waals surface area contributed by atoms with Gasteiger partial charge in [-0.15, -0.1) is 12.4 Å². The van der Waals surface area contributed by atoms with E-state index in [0.717, 1.165) is 0 Å². The van der Waals surface area contributed by atoms with Crippen LogP contribution in [0, 0.1) is 5.92 Å². The summed E-state index contributed by atoms with van der Waals surface area (Å²) in [6.45, 7) is 0.383. The average Bonchev–Trinajstić information content (AvgIpc) is 2.13. The maximum atomic E-state index is 11.8. The highest BCUT2D eigenvalue weighted by Gasteiger charge is 2.32.